The number of benzene rings is 1. The second-order valence-corrected chi connectivity index (χ2v) is 6.12. The second-order valence-electron chi connectivity index (χ2n) is 6.12. The van der Waals surface area contributed by atoms with Crippen molar-refractivity contribution in [2.45, 2.75) is 32.7 Å². The molecule has 1 aromatic heterocycles. The fourth-order valence-corrected chi connectivity index (χ4v) is 3.10. The Balaban J connectivity index is 1.55. The predicted molar refractivity (Wildman–Crippen MR) is 85.7 cm³/mol. The summed E-state index contributed by atoms with van der Waals surface area (Å²) in [5.74, 6) is 1.66. The van der Waals surface area contributed by atoms with Gasteiger partial charge in [-0.2, -0.15) is 4.98 Å². The highest BCUT2D eigenvalue weighted by atomic mass is 16.5. The summed E-state index contributed by atoms with van der Waals surface area (Å²) in [4.78, 5) is 18.0. The summed E-state index contributed by atoms with van der Waals surface area (Å²) in [7, 11) is 0. The predicted octanol–water partition coefficient (Wildman–Crippen LogP) is 1.80. The Kier molecular flexibility index (Phi) is 4.71. The number of hydrogen-bond acceptors (Lipinski definition) is 5. The van der Waals surface area contributed by atoms with E-state index in [9.17, 15) is 4.79 Å². The number of aromatic nitrogens is 2. The van der Waals surface area contributed by atoms with Crippen LogP contribution in [0, 0.1) is 5.92 Å². The van der Waals surface area contributed by atoms with Gasteiger partial charge in [0, 0.05) is 18.5 Å². The van der Waals surface area contributed by atoms with Gasteiger partial charge in [0.05, 0.1) is 6.54 Å². The average Bonchev–Trinajstić information content (AvgIpc) is 3.17. The summed E-state index contributed by atoms with van der Waals surface area (Å²) in [6.45, 7) is 4.76. The van der Waals surface area contributed by atoms with Gasteiger partial charge in [-0.15, -0.1) is 0 Å². The molecule has 122 valence electrons. The molecule has 0 bridgehead atoms. The molecule has 23 heavy (non-hydrogen) atoms. The summed E-state index contributed by atoms with van der Waals surface area (Å²) in [5.41, 5.74) is 7.09. The molecule has 0 aliphatic carbocycles. The molecule has 6 heteroatoms. The van der Waals surface area contributed by atoms with Crippen LogP contribution in [-0.2, 0) is 19.4 Å². The van der Waals surface area contributed by atoms with Crippen molar-refractivity contribution in [2.75, 3.05) is 13.1 Å². The van der Waals surface area contributed by atoms with Crippen LogP contribution in [0.3, 0.4) is 0 Å². The van der Waals surface area contributed by atoms with Crippen molar-refractivity contribution in [1.29, 1.82) is 0 Å². The number of carbonyl (C=O) groups is 1. The lowest BCUT2D eigenvalue weighted by atomic mass is 9.97. The lowest BCUT2D eigenvalue weighted by molar-refractivity contribution is 0.1000. The molecule has 1 saturated heterocycles. The van der Waals surface area contributed by atoms with Crippen molar-refractivity contribution >= 4 is 5.91 Å². The number of amides is 1. The van der Waals surface area contributed by atoms with Gasteiger partial charge in [-0.1, -0.05) is 24.2 Å². The fourth-order valence-electron chi connectivity index (χ4n) is 3.10. The first kappa shape index (κ1) is 15.7. The summed E-state index contributed by atoms with van der Waals surface area (Å²) in [6, 6.07) is 7.61. The molecule has 1 aliphatic rings. The van der Waals surface area contributed by atoms with Crippen LogP contribution in [0.4, 0.5) is 0 Å². The van der Waals surface area contributed by atoms with Crippen molar-refractivity contribution in [3.05, 3.63) is 47.1 Å². The van der Waals surface area contributed by atoms with E-state index in [1.165, 1.54) is 5.56 Å². The molecule has 6 nitrogen and oxygen atoms in total. The van der Waals surface area contributed by atoms with Gasteiger partial charge in [0.2, 0.25) is 11.8 Å². The highest BCUT2D eigenvalue weighted by molar-refractivity contribution is 5.92. The third-order valence-corrected chi connectivity index (χ3v) is 4.29. The number of primary amides is 1. The molecule has 1 fully saturated rings. The van der Waals surface area contributed by atoms with Gasteiger partial charge in [0.15, 0.2) is 5.82 Å². The Morgan fingerprint density at radius 1 is 1.48 bits per heavy atom. The molecule has 0 spiro atoms. The zero-order valence-corrected chi connectivity index (χ0v) is 13.4. The highest BCUT2D eigenvalue weighted by Crippen LogP contribution is 2.22. The Labute approximate surface area is 135 Å². The largest absolute Gasteiger partial charge is 0.366 e. The third-order valence-electron chi connectivity index (χ3n) is 4.29. The van der Waals surface area contributed by atoms with Crippen molar-refractivity contribution in [3.8, 4) is 0 Å². The van der Waals surface area contributed by atoms with Gasteiger partial charge in [0.1, 0.15) is 0 Å². The van der Waals surface area contributed by atoms with Crippen molar-refractivity contribution in [1.82, 2.24) is 15.0 Å². The zero-order valence-electron chi connectivity index (χ0n) is 13.4. The minimum atomic E-state index is -0.372. The maximum absolute atomic E-state index is 11.3. The average molecular weight is 314 g/mol. The van der Waals surface area contributed by atoms with Crippen LogP contribution in [0.1, 0.15) is 41.0 Å². The zero-order chi connectivity index (χ0) is 16.2. The van der Waals surface area contributed by atoms with E-state index in [2.05, 4.69) is 21.1 Å². The smallest absolute Gasteiger partial charge is 0.248 e. The van der Waals surface area contributed by atoms with Crippen LogP contribution in [0.15, 0.2) is 28.8 Å². The van der Waals surface area contributed by atoms with Crippen LogP contribution in [0.25, 0.3) is 0 Å². The maximum atomic E-state index is 11.3. The van der Waals surface area contributed by atoms with Crippen LogP contribution >= 0.6 is 0 Å². The molecule has 1 unspecified atom stereocenters. The number of hydrogen-bond donors (Lipinski definition) is 1. The molecule has 3 rings (SSSR count). The van der Waals surface area contributed by atoms with Gasteiger partial charge in [-0.05, 0) is 43.0 Å². The Hall–Kier alpha value is -2.21. The van der Waals surface area contributed by atoms with E-state index in [1.807, 2.05) is 19.1 Å². The van der Waals surface area contributed by atoms with Gasteiger partial charge >= 0.3 is 0 Å². The molecule has 2 heterocycles. The van der Waals surface area contributed by atoms with Crippen LogP contribution in [-0.4, -0.2) is 34.0 Å². The van der Waals surface area contributed by atoms with Crippen molar-refractivity contribution in [2.24, 2.45) is 11.7 Å². The number of nitrogens with zero attached hydrogens (tertiary/aromatic N) is 3. The van der Waals surface area contributed by atoms with Gasteiger partial charge in [-0.3, -0.25) is 9.69 Å². The lowest BCUT2D eigenvalue weighted by Gasteiger charge is -2.13. The number of rotatable bonds is 6. The van der Waals surface area contributed by atoms with E-state index < -0.39 is 0 Å². The van der Waals surface area contributed by atoms with Crippen molar-refractivity contribution in [3.63, 3.8) is 0 Å². The monoisotopic (exact) mass is 314 g/mol. The first-order valence-electron chi connectivity index (χ1n) is 8.06. The van der Waals surface area contributed by atoms with Crippen LogP contribution in [0.2, 0.25) is 0 Å². The van der Waals surface area contributed by atoms with E-state index in [0.29, 0.717) is 23.9 Å². The number of carbonyl (C=O) groups excluding carboxylic acids is 1. The fraction of sp³-hybridized carbons (Fsp3) is 0.471. The molecular formula is C17H22N4O2. The summed E-state index contributed by atoms with van der Waals surface area (Å²) in [5, 5.41) is 3.93. The first-order chi connectivity index (χ1) is 11.1. The normalized spacial score (nSPS) is 18.4. The summed E-state index contributed by atoms with van der Waals surface area (Å²) in [6.07, 6.45) is 2.89. The topological polar surface area (TPSA) is 85.3 Å². The highest BCUT2D eigenvalue weighted by Gasteiger charge is 2.24. The van der Waals surface area contributed by atoms with E-state index in [4.69, 9.17) is 10.3 Å². The number of aryl methyl sites for hydroxylation is 1. The number of likely N-dealkylation sites (tertiary alicyclic amines) is 1. The molecular weight excluding hydrogens is 292 g/mol. The maximum Gasteiger partial charge on any atom is 0.248 e. The first-order valence-corrected chi connectivity index (χ1v) is 8.06. The Bertz CT molecular complexity index is 683. The molecule has 1 aliphatic heterocycles. The lowest BCUT2D eigenvalue weighted by Crippen LogP contribution is -2.21. The van der Waals surface area contributed by atoms with Crippen molar-refractivity contribution < 1.29 is 9.32 Å². The Morgan fingerprint density at radius 3 is 3.09 bits per heavy atom. The molecule has 0 radical (unpaired) electrons. The minimum absolute atomic E-state index is 0.372. The van der Waals surface area contributed by atoms with Crippen LogP contribution < -0.4 is 5.73 Å². The van der Waals surface area contributed by atoms with E-state index in [0.717, 1.165) is 38.2 Å². The second kappa shape index (κ2) is 6.91. The molecule has 2 aromatic rings. The molecule has 1 atom stereocenters. The molecule has 0 saturated carbocycles. The van der Waals surface area contributed by atoms with Gasteiger partial charge < -0.3 is 10.3 Å². The standard InChI is InChI=1S/C17H22N4O2/c1-2-15-19-16(23-20-15)11-21-7-6-13(10-21)8-12-4-3-5-14(9-12)17(18)22/h3-5,9,13H,2,6-8,10-11H2,1H3,(H2,18,22). The molecule has 1 aromatic carbocycles. The summed E-state index contributed by atoms with van der Waals surface area (Å²) >= 11 is 0. The van der Waals surface area contributed by atoms with Crippen LogP contribution in [0.5, 0.6) is 0 Å². The molecule has 2 N–H and O–H groups in total. The SMILES string of the molecule is CCc1noc(CN2CCC(Cc3cccc(C(N)=O)c3)C2)n1. The van der Waals surface area contributed by atoms with Gasteiger partial charge in [-0.25, -0.2) is 0 Å². The summed E-state index contributed by atoms with van der Waals surface area (Å²) < 4.78 is 5.26. The molecule has 1 amide bonds. The van der Waals surface area contributed by atoms with Gasteiger partial charge in [0.25, 0.3) is 0 Å². The third kappa shape index (κ3) is 3.96. The Morgan fingerprint density at radius 2 is 2.35 bits per heavy atom. The van der Waals surface area contributed by atoms with E-state index >= 15 is 0 Å². The number of nitrogens with two attached hydrogens (primary N) is 1. The quantitative estimate of drug-likeness (QED) is 0.878. The van der Waals surface area contributed by atoms with E-state index in [1.54, 1.807) is 6.07 Å². The van der Waals surface area contributed by atoms with E-state index in [-0.39, 0.29) is 5.91 Å². The minimum Gasteiger partial charge on any atom is -0.366 e.